The van der Waals surface area contributed by atoms with Gasteiger partial charge >= 0.3 is 5.97 Å². The number of amides is 1. The average molecular weight is 211 g/mol. The summed E-state index contributed by atoms with van der Waals surface area (Å²) >= 11 is 0. The molecule has 0 unspecified atom stereocenters. The molecule has 0 aromatic carbocycles. The fraction of sp³-hybridized carbons (Fsp3) is 0.636. The summed E-state index contributed by atoms with van der Waals surface area (Å²) in [6.07, 6.45) is 4.90. The molecule has 15 heavy (non-hydrogen) atoms. The summed E-state index contributed by atoms with van der Waals surface area (Å²) < 4.78 is 4.72. The molecule has 0 bridgehead atoms. The lowest BCUT2D eigenvalue weighted by Gasteiger charge is -2.29. The van der Waals surface area contributed by atoms with Crippen molar-refractivity contribution in [3.63, 3.8) is 0 Å². The number of esters is 1. The van der Waals surface area contributed by atoms with E-state index in [2.05, 4.69) is 11.9 Å². The number of methoxy groups -OCH3 is 1. The molecule has 0 saturated heterocycles. The van der Waals surface area contributed by atoms with Crippen LogP contribution in [0, 0.1) is 5.92 Å². The predicted molar refractivity (Wildman–Crippen MR) is 56.1 cm³/mol. The molecule has 1 aliphatic carbocycles. The van der Waals surface area contributed by atoms with Crippen LogP contribution in [0.3, 0.4) is 0 Å². The summed E-state index contributed by atoms with van der Waals surface area (Å²) in [5.74, 6) is -0.660. The highest BCUT2D eigenvalue weighted by atomic mass is 16.5. The maximum absolute atomic E-state index is 11.4. The fourth-order valence-corrected chi connectivity index (χ4v) is 1.98. The molecule has 0 heterocycles. The van der Waals surface area contributed by atoms with E-state index in [0.29, 0.717) is 0 Å². The van der Waals surface area contributed by atoms with Gasteiger partial charge in [-0.25, -0.2) is 0 Å². The van der Waals surface area contributed by atoms with Crippen LogP contribution in [0.5, 0.6) is 0 Å². The van der Waals surface area contributed by atoms with Crippen molar-refractivity contribution in [1.29, 1.82) is 0 Å². The molecule has 0 aromatic heterocycles. The molecule has 1 saturated carbocycles. The Hall–Kier alpha value is -1.32. The van der Waals surface area contributed by atoms with Crippen LogP contribution in [-0.2, 0) is 14.3 Å². The Morgan fingerprint density at radius 3 is 2.67 bits per heavy atom. The molecule has 1 rings (SSSR count). The first-order chi connectivity index (χ1) is 7.19. The monoisotopic (exact) mass is 211 g/mol. The summed E-state index contributed by atoms with van der Waals surface area (Å²) in [5.41, 5.74) is 0. The molecule has 0 aliphatic heterocycles. The number of hydrogen-bond acceptors (Lipinski definition) is 3. The zero-order valence-corrected chi connectivity index (χ0v) is 8.99. The second kappa shape index (κ2) is 5.53. The smallest absolute Gasteiger partial charge is 0.310 e. The standard InChI is InChI=1S/C11H17NO3/c1-3-10(13)12-9-7-5-4-6-8(9)11(14)15-2/h3,8-9H,1,4-7H2,2H3,(H,12,13)/t8-,9-/m0/s1. The summed E-state index contributed by atoms with van der Waals surface area (Å²) in [6, 6.07) is -0.100. The zero-order valence-electron chi connectivity index (χ0n) is 8.99. The number of hydrogen-bond donors (Lipinski definition) is 1. The van der Waals surface area contributed by atoms with E-state index >= 15 is 0 Å². The molecule has 0 spiro atoms. The molecule has 1 amide bonds. The van der Waals surface area contributed by atoms with Crippen LogP contribution in [-0.4, -0.2) is 25.0 Å². The lowest BCUT2D eigenvalue weighted by molar-refractivity contribution is -0.147. The van der Waals surface area contributed by atoms with Gasteiger partial charge in [0.25, 0.3) is 0 Å². The van der Waals surface area contributed by atoms with Crippen LogP contribution in [0.2, 0.25) is 0 Å². The summed E-state index contributed by atoms with van der Waals surface area (Å²) in [7, 11) is 1.38. The SMILES string of the molecule is C=CC(=O)N[C@H]1CCCC[C@@H]1C(=O)OC. The third-order valence-corrected chi connectivity index (χ3v) is 2.78. The first-order valence-electron chi connectivity index (χ1n) is 5.19. The minimum absolute atomic E-state index is 0.100. The Labute approximate surface area is 89.7 Å². The zero-order chi connectivity index (χ0) is 11.3. The fourth-order valence-electron chi connectivity index (χ4n) is 1.98. The van der Waals surface area contributed by atoms with E-state index < -0.39 is 0 Å². The van der Waals surface area contributed by atoms with E-state index in [1.807, 2.05) is 0 Å². The molecule has 2 atom stereocenters. The van der Waals surface area contributed by atoms with Crippen LogP contribution >= 0.6 is 0 Å². The van der Waals surface area contributed by atoms with Crippen LogP contribution < -0.4 is 5.32 Å². The highest BCUT2D eigenvalue weighted by Crippen LogP contribution is 2.25. The molecule has 1 fully saturated rings. The van der Waals surface area contributed by atoms with Gasteiger partial charge in [0.2, 0.25) is 5.91 Å². The van der Waals surface area contributed by atoms with Gasteiger partial charge in [0, 0.05) is 6.04 Å². The van der Waals surface area contributed by atoms with Gasteiger partial charge in [-0.15, -0.1) is 0 Å². The second-order valence-electron chi connectivity index (χ2n) is 3.73. The molecule has 0 radical (unpaired) electrons. The van der Waals surface area contributed by atoms with E-state index in [1.165, 1.54) is 13.2 Å². The molecular weight excluding hydrogens is 194 g/mol. The van der Waals surface area contributed by atoms with E-state index in [1.54, 1.807) is 0 Å². The van der Waals surface area contributed by atoms with Crippen molar-refractivity contribution in [2.75, 3.05) is 7.11 Å². The Morgan fingerprint density at radius 2 is 2.07 bits per heavy atom. The van der Waals surface area contributed by atoms with Gasteiger partial charge in [-0.3, -0.25) is 9.59 Å². The Morgan fingerprint density at radius 1 is 1.40 bits per heavy atom. The van der Waals surface area contributed by atoms with Crippen molar-refractivity contribution >= 4 is 11.9 Å². The number of nitrogens with one attached hydrogen (secondary N) is 1. The van der Waals surface area contributed by atoms with Gasteiger partial charge < -0.3 is 10.1 Å². The molecule has 0 aromatic rings. The molecule has 1 N–H and O–H groups in total. The van der Waals surface area contributed by atoms with Crippen molar-refractivity contribution in [3.8, 4) is 0 Å². The number of ether oxygens (including phenoxy) is 1. The predicted octanol–water partition coefficient (Wildman–Crippen LogP) is 1.02. The average Bonchev–Trinajstić information content (AvgIpc) is 2.28. The minimum atomic E-state index is -0.232. The summed E-state index contributed by atoms with van der Waals surface area (Å²) in [6.45, 7) is 3.39. The maximum atomic E-state index is 11.4. The Bertz CT molecular complexity index is 263. The number of rotatable bonds is 3. The lowest BCUT2D eigenvalue weighted by atomic mass is 9.84. The summed E-state index contributed by atoms with van der Waals surface area (Å²) in [5, 5.41) is 2.78. The largest absolute Gasteiger partial charge is 0.469 e. The van der Waals surface area contributed by atoms with E-state index in [4.69, 9.17) is 4.74 Å². The van der Waals surface area contributed by atoms with Gasteiger partial charge in [-0.05, 0) is 18.9 Å². The highest BCUT2D eigenvalue weighted by Gasteiger charge is 2.32. The molecule has 1 aliphatic rings. The Balaban J connectivity index is 2.61. The van der Waals surface area contributed by atoms with Crippen molar-refractivity contribution in [1.82, 2.24) is 5.32 Å². The van der Waals surface area contributed by atoms with Gasteiger partial charge in [0.1, 0.15) is 0 Å². The quantitative estimate of drug-likeness (QED) is 0.560. The van der Waals surface area contributed by atoms with Crippen molar-refractivity contribution in [3.05, 3.63) is 12.7 Å². The first kappa shape index (κ1) is 11.8. The van der Waals surface area contributed by atoms with Gasteiger partial charge in [-0.1, -0.05) is 19.4 Å². The molecular formula is C11H17NO3. The maximum Gasteiger partial charge on any atom is 0.310 e. The third kappa shape index (κ3) is 3.08. The van der Waals surface area contributed by atoms with Crippen LogP contribution in [0.1, 0.15) is 25.7 Å². The topological polar surface area (TPSA) is 55.4 Å². The van der Waals surface area contributed by atoms with Gasteiger partial charge in [0.15, 0.2) is 0 Å². The normalized spacial score (nSPS) is 25.4. The molecule has 4 nitrogen and oxygen atoms in total. The van der Waals surface area contributed by atoms with Gasteiger partial charge in [0.05, 0.1) is 13.0 Å². The van der Waals surface area contributed by atoms with Crippen molar-refractivity contribution in [2.24, 2.45) is 5.92 Å². The van der Waals surface area contributed by atoms with Crippen molar-refractivity contribution in [2.45, 2.75) is 31.7 Å². The molecule has 4 heteroatoms. The van der Waals surface area contributed by atoms with E-state index in [-0.39, 0.29) is 23.8 Å². The van der Waals surface area contributed by atoms with Gasteiger partial charge in [-0.2, -0.15) is 0 Å². The first-order valence-corrected chi connectivity index (χ1v) is 5.19. The van der Waals surface area contributed by atoms with Crippen molar-refractivity contribution < 1.29 is 14.3 Å². The third-order valence-electron chi connectivity index (χ3n) is 2.78. The van der Waals surface area contributed by atoms with E-state index in [9.17, 15) is 9.59 Å². The minimum Gasteiger partial charge on any atom is -0.469 e. The highest BCUT2D eigenvalue weighted by molar-refractivity contribution is 5.87. The molecule has 84 valence electrons. The Kier molecular flexibility index (Phi) is 4.34. The van der Waals surface area contributed by atoms with Crippen LogP contribution in [0.4, 0.5) is 0 Å². The second-order valence-corrected chi connectivity index (χ2v) is 3.73. The van der Waals surface area contributed by atoms with Crippen LogP contribution in [0.25, 0.3) is 0 Å². The van der Waals surface area contributed by atoms with E-state index in [0.717, 1.165) is 25.7 Å². The number of carbonyl (C=O) groups is 2. The number of carbonyl (C=O) groups excluding carboxylic acids is 2. The lowest BCUT2D eigenvalue weighted by Crippen LogP contribution is -2.44. The summed E-state index contributed by atoms with van der Waals surface area (Å²) in [4.78, 5) is 22.6. The van der Waals surface area contributed by atoms with Crippen LogP contribution in [0.15, 0.2) is 12.7 Å².